The van der Waals surface area contributed by atoms with E-state index < -0.39 is 0 Å². The number of unbranched alkanes of at least 4 members (excludes halogenated alkanes) is 9. The highest BCUT2D eigenvalue weighted by molar-refractivity contribution is 4.50. The van der Waals surface area contributed by atoms with Crippen LogP contribution in [0.2, 0.25) is 0 Å². The van der Waals surface area contributed by atoms with Gasteiger partial charge in [0.1, 0.15) is 0 Å². The fourth-order valence-electron chi connectivity index (χ4n) is 4.03. The van der Waals surface area contributed by atoms with E-state index in [1.807, 2.05) is 0 Å². The van der Waals surface area contributed by atoms with Crippen molar-refractivity contribution in [3.05, 3.63) is 0 Å². The molecule has 0 saturated heterocycles. The van der Waals surface area contributed by atoms with Crippen LogP contribution < -0.4 is 17.0 Å². The molecule has 2 heteroatoms. The highest BCUT2D eigenvalue weighted by atomic mass is 79.9. The Balaban J connectivity index is 0. The van der Waals surface area contributed by atoms with E-state index in [1.54, 1.807) is 0 Å². The van der Waals surface area contributed by atoms with Gasteiger partial charge in [-0.3, -0.25) is 0 Å². The van der Waals surface area contributed by atoms with Crippen molar-refractivity contribution >= 4 is 0 Å². The van der Waals surface area contributed by atoms with Crippen LogP contribution in [-0.2, 0) is 0 Å². The molecular formula is C21H46BrN. The first kappa shape index (κ1) is 25.7. The van der Waals surface area contributed by atoms with Crippen LogP contribution in [0.15, 0.2) is 0 Å². The van der Waals surface area contributed by atoms with Crippen molar-refractivity contribution in [2.75, 3.05) is 26.2 Å². The van der Waals surface area contributed by atoms with E-state index in [1.165, 1.54) is 114 Å². The summed E-state index contributed by atoms with van der Waals surface area (Å²) in [4.78, 5) is 0. The van der Waals surface area contributed by atoms with Gasteiger partial charge in [-0.25, -0.2) is 0 Å². The topological polar surface area (TPSA) is 0 Å². The summed E-state index contributed by atoms with van der Waals surface area (Å²) in [7, 11) is 0. The molecule has 142 valence electrons. The van der Waals surface area contributed by atoms with Crippen LogP contribution in [0.5, 0.6) is 0 Å². The Bertz CT molecular complexity index is 201. The van der Waals surface area contributed by atoms with Gasteiger partial charge in [0.2, 0.25) is 0 Å². The second-order valence-electron chi connectivity index (χ2n) is 7.42. The summed E-state index contributed by atoms with van der Waals surface area (Å²) >= 11 is 0. The second-order valence-corrected chi connectivity index (χ2v) is 7.42. The number of rotatable bonds is 17. The van der Waals surface area contributed by atoms with Crippen LogP contribution in [0.25, 0.3) is 0 Å². The van der Waals surface area contributed by atoms with Crippen LogP contribution in [0, 0.1) is 0 Å². The van der Waals surface area contributed by atoms with Gasteiger partial charge in [-0.15, -0.1) is 0 Å². The number of hydrogen-bond donors (Lipinski definition) is 0. The molecule has 0 aliphatic heterocycles. The maximum absolute atomic E-state index is 2.36. The van der Waals surface area contributed by atoms with Crippen molar-refractivity contribution in [2.45, 2.75) is 111 Å². The highest BCUT2D eigenvalue weighted by Gasteiger charge is 2.23. The first-order valence-corrected chi connectivity index (χ1v) is 10.6. The minimum absolute atomic E-state index is 0. The zero-order valence-electron chi connectivity index (χ0n) is 16.8. The van der Waals surface area contributed by atoms with Gasteiger partial charge in [0, 0.05) is 0 Å². The van der Waals surface area contributed by atoms with Crippen LogP contribution in [0.1, 0.15) is 111 Å². The maximum atomic E-state index is 2.36. The Morgan fingerprint density at radius 1 is 0.391 bits per heavy atom. The summed E-state index contributed by atoms with van der Waals surface area (Å²) in [5, 5.41) is 0. The Morgan fingerprint density at radius 2 is 0.739 bits per heavy atom. The van der Waals surface area contributed by atoms with Gasteiger partial charge in [0.05, 0.1) is 26.2 Å². The predicted molar refractivity (Wildman–Crippen MR) is 102 cm³/mol. The number of hydrogen-bond acceptors (Lipinski definition) is 0. The van der Waals surface area contributed by atoms with Crippen LogP contribution in [0.3, 0.4) is 0 Å². The van der Waals surface area contributed by atoms with E-state index in [-0.39, 0.29) is 17.0 Å². The predicted octanol–water partition coefficient (Wildman–Crippen LogP) is 3.96. The van der Waals surface area contributed by atoms with Gasteiger partial charge < -0.3 is 21.5 Å². The zero-order valence-corrected chi connectivity index (χ0v) is 18.4. The minimum Gasteiger partial charge on any atom is -1.00 e. The second kappa shape index (κ2) is 18.8. The highest BCUT2D eigenvalue weighted by Crippen LogP contribution is 2.16. The van der Waals surface area contributed by atoms with Crippen molar-refractivity contribution in [1.82, 2.24) is 0 Å². The molecule has 23 heavy (non-hydrogen) atoms. The zero-order chi connectivity index (χ0) is 16.5. The molecule has 1 nitrogen and oxygen atoms in total. The molecule has 0 aromatic heterocycles. The molecule has 0 spiro atoms. The molecule has 0 aliphatic carbocycles. The average Bonchev–Trinajstić information content (AvgIpc) is 2.50. The number of nitrogens with zero attached hydrogens (tertiary/aromatic N) is 1. The monoisotopic (exact) mass is 391 g/mol. The summed E-state index contributed by atoms with van der Waals surface area (Å²) in [6.45, 7) is 15.0. The lowest BCUT2D eigenvalue weighted by Gasteiger charge is -2.38. The van der Waals surface area contributed by atoms with Crippen molar-refractivity contribution < 1.29 is 21.5 Å². The van der Waals surface area contributed by atoms with Crippen LogP contribution in [-0.4, -0.2) is 30.7 Å². The van der Waals surface area contributed by atoms with E-state index in [0.717, 1.165) is 0 Å². The smallest absolute Gasteiger partial charge is 0.0786 e. The summed E-state index contributed by atoms with van der Waals surface area (Å²) in [5.74, 6) is 0. The van der Waals surface area contributed by atoms with Crippen LogP contribution >= 0.6 is 0 Å². The van der Waals surface area contributed by atoms with Gasteiger partial charge >= 0.3 is 0 Å². The molecule has 0 fully saturated rings. The Morgan fingerprint density at radius 3 is 1.09 bits per heavy atom. The minimum atomic E-state index is 0. The molecule has 0 aliphatic rings. The van der Waals surface area contributed by atoms with Crippen molar-refractivity contribution in [3.8, 4) is 0 Å². The largest absolute Gasteiger partial charge is 1.00 e. The van der Waals surface area contributed by atoms with E-state index in [4.69, 9.17) is 0 Å². The average molecular weight is 393 g/mol. The third kappa shape index (κ3) is 14.5. The van der Waals surface area contributed by atoms with E-state index in [0.29, 0.717) is 0 Å². The third-order valence-electron chi connectivity index (χ3n) is 5.08. The van der Waals surface area contributed by atoms with Gasteiger partial charge in [-0.2, -0.15) is 0 Å². The van der Waals surface area contributed by atoms with Crippen LogP contribution in [0.4, 0.5) is 0 Å². The van der Waals surface area contributed by atoms with Crippen molar-refractivity contribution in [1.29, 1.82) is 0 Å². The molecule has 0 amide bonds. The molecule has 0 bridgehead atoms. The quantitative estimate of drug-likeness (QED) is 0.260. The Kier molecular flexibility index (Phi) is 21.0. The molecule has 0 unspecified atom stereocenters. The van der Waals surface area contributed by atoms with E-state index >= 15 is 0 Å². The fraction of sp³-hybridized carbons (Fsp3) is 1.00. The summed E-state index contributed by atoms with van der Waals surface area (Å²) < 4.78 is 1.40. The lowest BCUT2D eigenvalue weighted by atomic mass is 10.1. The maximum Gasteiger partial charge on any atom is 0.0786 e. The van der Waals surface area contributed by atoms with Gasteiger partial charge in [-0.05, 0) is 32.1 Å². The molecule has 0 rings (SSSR count). The first-order valence-electron chi connectivity index (χ1n) is 10.6. The summed E-state index contributed by atoms with van der Waals surface area (Å²) in [6, 6.07) is 0. The van der Waals surface area contributed by atoms with Gasteiger partial charge in [0.25, 0.3) is 0 Å². The number of halogens is 1. The SMILES string of the molecule is CCCCCCCCCCCC[N+](CCC)(CCC)CCC.[Br-]. The Labute approximate surface area is 159 Å². The van der Waals surface area contributed by atoms with Crippen molar-refractivity contribution in [3.63, 3.8) is 0 Å². The fourth-order valence-corrected chi connectivity index (χ4v) is 4.03. The first-order chi connectivity index (χ1) is 10.7. The van der Waals surface area contributed by atoms with E-state index in [2.05, 4.69) is 27.7 Å². The molecule has 0 saturated carbocycles. The normalized spacial score (nSPS) is 11.5. The molecular weight excluding hydrogens is 346 g/mol. The number of quaternary nitrogens is 1. The van der Waals surface area contributed by atoms with Gasteiger partial charge in [-0.1, -0.05) is 79.1 Å². The molecule has 0 atom stereocenters. The molecule has 0 N–H and O–H groups in total. The van der Waals surface area contributed by atoms with Gasteiger partial charge in [0.15, 0.2) is 0 Å². The molecule has 0 radical (unpaired) electrons. The van der Waals surface area contributed by atoms with E-state index in [9.17, 15) is 0 Å². The summed E-state index contributed by atoms with van der Waals surface area (Å²) in [6.07, 6.45) is 18.6. The lowest BCUT2D eigenvalue weighted by molar-refractivity contribution is -0.928. The Hall–Kier alpha value is 0.440. The standard InChI is InChI=1S/C21H46N.BrH/c1-5-9-10-11-12-13-14-15-16-17-21-22(18-6-2,19-7-3)20-8-4;/h5-21H2,1-4H3;1H/q+1;/p-1. The molecule has 0 heterocycles. The molecule has 0 aromatic carbocycles. The third-order valence-corrected chi connectivity index (χ3v) is 5.08. The van der Waals surface area contributed by atoms with Crippen molar-refractivity contribution in [2.24, 2.45) is 0 Å². The summed E-state index contributed by atoms with van der Waals surface area (Å²) in [5.41, 5.74) is 0. The lowest BCUT2D eigenvalue weighted by Crippen LogP contribution is -3.00. The molecule has 0 aromatic rings.